The van der Waals surface area contributed by atoms with Gasteiger partial charge in [-0.25, -0.2) is 0 Å². The van der Waals surface area contributed by atoms with Crippen molar-refractivity contribution in [3.8, 4) is 0 Å². The van der Waals surface area contributed by atoms with Gasteiger partial charge in [0, 0.05) is 19.6 Å². The highest BCUT2D eigenvalue weighted by Crippen LogP contribution is 2.06. The Balaban J connectivity index is 2.40. The molecule has 0 spiro atoms. The molecule has 1 atom stereocenters. The average Bonchev–Trinajstić information content (AvgIpc) is 2.88. The monoisotopic (exact) mass is 280 g/mol. The van der Waals surface area contributed by atoms with E-state index in [0.717, 1.165) is 30.7 Å². The van der Waals surface area contributed by atoms with Gasteiger partial charge in [0.05, 0.1) is 6.54 Å². The van der Waals surface area contributed by atoms with Crippen molar-refractivity contribution in [2.75, 3.05) is 7.05 Å². The van der Waals surface area contributed by atoms with Crippen LogP contribution >= 0.6 is 0 Å². The minimum atomic E-state index is 0.410. The lowest BCUT2D eigenvalue weighted by molar-refractivity contribution is 0.488. The second kappa shape index (κ2) is 8.55. The Morgan fingerprint density at radius 1 is 1.35 bits per heavy atom. The van der Waals surface area contributed by atoms with Crippen molar-refractivity contribution in [1.29, 1.82) is 0 Å². The number of aryl methyl sites for hydroxylation is 1. The maximum absolute atomic E-state index is 4.25. The third-order valence-corrected chi connectivity index (χ3v) is 3.23. The van der Waals surface area contributed by atoms with E-state index in [-0.39, 0.29) is 0 Å². The summed E-state index contributed by atoms with van der Waals surface area (Å²) in [5.74, 6) is 2.47. The minimum Gasteiger partial charge on any atom is -0.354 e. The van der Waals surface area contributed by atoms with E-state index < -0.39 is 0 Å². The van der Waals surface area contributed by atoms with Crippen molar-refractivity contribution in [1.82, 2.24) is 25.4 Å². The average molecular weight is 280 g/mol. The van der Waals surface area contributed by atoms with E-state index >= 15 is 0 Å². The van der Waals surface area contributed by atoms with Crippen LogP contribution in [-0.4, -0.2) is 33.8 Å². The topological polar surface area (TPSA) is 67.1 Å². The molecule has 1 heterocycles. The van der Waals surface area contributed by atoms with Crippen LogP contribution in [-0.2, 0) is 13.1 Å². The van der Waals surface area contributed by atoms with Crippen LogP contribution in [0.4, 0.5) is 0 Å². The predicted molar refractivity (Wildman–Crippen MR) is 82.6 cm³/mol. The first-order chi connectivity index (χ1) is 9.56. The quantitative estimate of drug-likeness (QED) is 0.590. The molecule has 1 aromatic rings. The largest absolute Gasteiger partial charge is 0.354 e. The van der Waals surface area contributed by atoms with Gasteiger partial charge in [0.25, 0.3) is 0 Å². The molecular weight excluding hydrogens is 252 g/mol. The van der Waals surface area contributed by atoms with Gasteiger partial charge in [0.15, 0.2) is 11.8 Å². The summed E-state index contributed by atoms with van der Waals surface area (Å²) < 4.78 is 2.02. The first-order valence-electron chi connectivity index (χ1n) is 7.40. The molecule has 0 aliphatic rings. The van der Waals surface area contributed by atoms with E-state index in [0.29, 0.717) is 12.6 Å². The molecule has 20 heavy (non-hydrogen) atoms. The Bertz CT molecular complexity index is 410. The van der Waals surface area contributed by atoms with Crippen molar-refractivity contribution in [3.05, 3.63) is 12.2 Å². The number of nitrogens with one attached hydrogen (secondary N) is 2. The summed E-state index contributed by atoms with van der Waals surface area (Å²) in [5.41, 5.74) is 0. The molecular formula is C14H28N6. The fourth-order valence-electron chi connectivity index (χ4n) is 1.93. The SMILES string of the molecule is CCn1cnnc1CNC(=NC)NC(C)CCC(C)C. The second-order valence-electron chi connectivity index (χ2n) is 5.48. The summed E-state index contributed by atoms with van der Waals surface area (Å²) >= 11 is 0. The molecule has 6 heteroatoms. The van der Waals surface area contributed by atoms with Crippen LogP contribution in [0.2, 0.25) is 0 Å². The molecule has 0 aromatic carbocycles. The van der Waals surface area contributed by atoms with Gasteiger partial charge < -0.3 is 15.2 Å². The first-order valence-corrected chi connectivity index (χ1v) is 7.40. The van der Waals surface area contributed by atoms with Gasteiger partial charge in [-0.05, 0) is 32.6 Å². The van der Waals surface area contributed by atoms with E-state index in [1.54, 1.807) is 13.4 Å². The van der Waals surface area contributed by atoms with Gasteiger partial charge in [-0.3, -0.25) is 4.99 Å². The Morgan fingerprint density at radius 2 is 2.10 bits per heavy atom. The maximum atomic E-state index is 4.25. The van der Waals surface area contributed by atoms with Crippen LogP contribution < -0.4 is 10.6 Å². The molecule has 1 aromatic heterocycles. The minimum absolute atomic E-state index is 0.410. The Hall–Kier alpha value is -1.59. The number of nitrogens with zero attached hydrogens (tertiary/aromatic N) is 4. The Labute approximate surface area is 122 Å². The van der Waals surface area contributed by atoms with Gasteiger partial charge in [0.1, 0.15) is 6.33 Å². The number of rotatable bonds is 7. The molecule has 1 unspecified atom stereocenters. The van der Waals surface area contributed by atoms with Gasteiger partial charge in [-0.2, -0.15) is 0 Å². The Kier molecular flexibility index (Phi) is 7.04. The second-order valence-corrected chi connectivity index (χ2v) is 5.48. The number of guanidine groups is 1. The fourth-order valence-corrected chi connectivity index (χ4v) is 1.93. The summed E-state index contributed by atoms with van der Waals surface area (Å²) in [5, 5.41) is 14.7. The molecule has 6 nitrogen and oxygen atoms in total. The molecule has 0 saturated carbocycles. The lowest BCUT2D eigenvalue weighted by atomic mass is 10.0. The lowest BCUT2D eigenvalue weighted by Crippen LogP contribution is -2.42. The van der Waals surface area contributed by atoms with Crippen molar-refractivity contribution in [2.24, 2.45) is 10.9 Å². The number of aromatic nitrogens is 3. The number of hydrogen-bond acceptors (Lipinski definition) is 3. The van der Waals surface area contributed by atoms with Crippen LogP contribution in [0.3, 0.4) is 0 Å². The van der Waals surface area contributed by atoms with Gasteiger partial charge in [0.2, 0.25) is 0 Å². The summed E-state index contributed by atoms with van der Waals surface area (Å²) in [6.45, 7) is 10.3. The zero-order chi connectivity index (χ0) is 15.0. The Morgan fingerprint density at radius 3 is 2.70 bits per heavy atom. The highest BCUT2D eigenvalue weighted by molar-refractivity contribution is 5.79. The van der Waals surface area contributed by atoms with Crippen molar-refractivity contribution in [3.63, 3.8) is 0 Å². The van der Waals surface area contributed by atoms with Crippen LogP contribution in [0.15, 0.2) is 11.3 Å². The van der Waals surface area contributed by atoms with E-state index in [9.17, 15) is 0 Å². The smallest absolute Gasteiger partial charge is 0.191 e. The van der Waals surface area contributed by atoms with E-state index in [2.05, 4.69) is 53.5 Å². The highest BCUT2D eigenvalue weighted by Gasteiger charge is 2.08. The molecule has 0 aliphatic heterocycles. The molecule has 2 N–H and O–H groups in total. The van der Waals surface area contributed by atoms with E-state index in [1.807, 2.05) is 4.57 Å². The van der Waals surface area contributed by atoms with Gasteiger partial charge in [-0.1, -0.05) is 13.8 Å². The third-order valence-electron chi connectivity index (χ3n) is 3.23. The molecule has 114 valence electrons. The third kappa shape index (κ3) is 5.59. The molecule has 0 amide bonds. The zero-order valence-corrected chi connectivity index (χ0v) is 13.3. The lowest BCUT2D eigenvalue weighted by Gasteiger charge is -2.18. The van der Waals surface area contributed by atoms with E-state index in [4.69, 9.17) is 0 Å². The molecule has 0 fully saturated rings. The van der Waals surface area contributed by atoms with Crippen LogP contribution in [0, 0.1) is 5.92 Å². The maximum Gasteiger partial charge on any atom is 0.191 e. The molecule has 0 aliphatic carbocycles. The molecule has 0 saturated heterocycles. The van der Waals surface area contributed by atoms with Crippen molar-refractivity contribution >= 4 is 5.96 Å². The summed E-state index contributed by atoms with van der Waals surface area (Å²) in [6.07, 6.45) is 4.11. The first kappa shape index (κ1) is 16.5. The summed E-state index contributed by atoms with van der Waals surface area (Å²) in [6, 6.07) is 0.410. The van der Waals surface area contributed by atoms with Crippen LogP contribution in [0.5, 0.6) is 0 Å². The van der Waals surface area contributed by atoms with E-state index in [1.165, 1.54) is 6.42 Å². The molecule has 0 radical (unpaired) electrons. The van der Waals surface area contributed by atoms with Crippen molar-refractivity contribution < 1.29 is 0 Å². The summed E-state index contributed by atoms with van der Waals surface area (Å²) in [7, 11) is 1.79. The van der Waals surface area contributed by atoms with Crippen LogP contribution in [0.25, 0.3) is 0 Å². The van der Waals surface area contributed by atoms with Gasteiger partial charge >= 0.3 is 0 Å². The number of hydrogen-bond donors (Lipinski definition) is 2. The zero-order valence-electron chi connectivity index (χ0n) is 13.3. The number of aliphatic imine (C=N–C) groups is 1. The molecule has 0 bridgehead atoms. The van der Waals surface area contributed by atoms with Crippen molar-refractivity contribution in [2.45, 2.75) is 59.7 Å². The standard InChI is InChI=1S/C14H28N6/c1-6-20-10-17-19-13(20)9-16-14(15-5)18-12(4)8-7-11(2)3/h10-12H,6-9H2,1-5H3,(H2,15,16,18). The normalized spacial score (nSPS) is 13.6. The predicted octanol–water partition coefficient (Wildman–Crippen LogP) is 1.79. The van der Waals surface area contributed by atoms with Crippen LogP contribution in [0.1, 0.15) is 46.4 Å². The molecule has 1 rings (SSSR count). The highest BCUT2D eigenvalue weighted by atomic mass is 15.3. The van der Waals surface area contributed by atoms with Gasteiger partial charge in [-0.15, -0.1) is 10.2 Å². The summed E-state index contributed by atoms with van der Waals surface area (Å²) in [4.78, 5) is 4.25. The fraction of sp³-hybridized carbons (Fsp3) is 0.786.